The predicted octanol–water partition coefficient (Wildman–Crippen LogP) is 5.15. The van der Waals surface area contributed by atoms with Gasteiger partial charge in [-0.1, -0.05) is 25.2 Å². The third-order valence-electron chi connectivity index (χ3n) is 4.00. The molecule has 114 valence electrons. The lowest BCUT2D eigenvalue weighted by Gasteiger charge is -2.28. The molecule has 1 aromatic carbocycles. The third kappa shape index (κ3) is 5.25. The summed E-state index contributed by atoms with van der Waals surface area (Å²) in [7, 11) is 0. The molecule has 0 spiro atoms. The summed E-state index contributed by atoms with van der Waals surface area (Å²) >= 11 is 5.58. The highest BCUT2D eigenvalue weighted by Crippen LogP contribution is 2.29. The van der Waals surface area contributed by atoms with Gasteiger partial charge in [0.05, 0.1) is 6.10 Å². The number of rotatable bonds is 4. The first-order valence-corrected chi connectivity index (χ1v) is 8.26. The number of halogens is 2. The first kappa shape index (κ1) is 16.2. The van der Waals surface area contributed by atoms with Crippen LogP contribution in [0.1, 0.15) is 51.0 Å². The quantitative estimate of drug-likeness (QED) is 0.552. The molecule has 0 bridgehead atoms. The molecule has 1 fully saturated rings. The lowest BCUT2D eigenvalue weighted by Crippen LogP contribution is -2.23. The second kappa shape index (κ2) is 8.29. The van der Waals surface area contributed by atoms with E-state index >= 15 is 0 Å². The molecule has 0 amide bonds. The van der Waals surface area contributed by atoms with Crippen LogP contribution in [0.15, 0.2) is 18.2 Å². The van der Waals surface area contributed by atoms with Crippen LogP contribution in [-0.4, -0.2) is 12.0 Å². The summed E-state index contributed by atoms with van der Waals surface area (Å²) in [5.41, 5.74) is 0.650. The van der Waals surface area contributed by atoms with Crippen LogP contribution in [0, 0.1) is 23.6 Å². The fourth-order valence-corrected chi connectivity index (χ4v) is 2.86. The molecule has 0 aromatic heterocycles. The van der Waals surface area contributed by atoms with E-state index in [0.29, 0.717) is 23.6 Å². The second-order valence-electron chi connectivity index (χ2n) is 5.59. The molecule has 1 aromatic rings. The normalized spacial score (nSPS) is 21.5. The van der Waals surface area contributed by atoms with Gasteiger partial charge in [0.1, 0.15) is 11.6 Å². The maximum atomic E-state index is 13.6. The third-order valence-corrected chi connectivity index (χ3v) is 4.19. The van der Waals surface area contributed by atoms with Crippen LogP contribution in [0.2, 0.25) is 0 Å². The number of hydrogen-bond acceptors (Lipinski definition) is 1. The van der Waals surface area contributed by atoms with E-state index in [1.54, 1.807) is 0 Å². The van der Waals surface area contributed by atoms with Gasteiger partial charge in [0.15, 0.2) is 0 Å². The van der Waals surface area contributed by atoms with E-state index < -0.39 is 0 Å². The van der Waals surface area contributed by atoms with Gasteiger partial charge in [-0.3, -0.25) is 0 Å². The molecular formula is C18H22ClFO. The van der Waals surface area contributed by atoms with Crippen LogP contribution in [0.3, 0.4) is 0 Å². The Morgan fingerprint density at radius 2 is 2.00 bits per heavy atom. The maximum absolute atomic E-state index is 13.6. The minimum Gasteiger partial charge on any atom is -0.490 e. The highest BCUT2D eigenvalue weighted by molar-refractivity contribution is 6.18. The van der Waals surface area contributed by atoms with Gasteiger partial charge >= 0.3 is 0 Å². The molecule has 0 saturated heterocycles. The Kier molecular flexibility index (Phi) is 6.39. The van der Waals surface area contributed by atoms with E-state index in [4.69, 9.17) is 16.3 Å². The van der Waals surface area contributed by atoms with Gasteiger partial charge in [0.25, 0.3) is 0 Å². The van der Waals surface area contributed by atoms with Crippen molar-refractivity contribution in [2.45, 2.75) is 51.6 Å². The van der Waals surface area contributed by atoms with Crippen LogP contribution in [0.5, 0.6) is 5.75 Å². The van der Waals surface area contributed by atoms with Gasteiger partial charge in [-0.15, -0.1) is 11.6 Å². The average molecular weight is 309 g/mol. The molecule has 21 heavy (non-hydrogen) atoms. The lowest BCUT2D eigenvalue weighted by molar-refractivity contribution is 0.129. The van der Waals surface area contributed by atoms with Crippen LogP contribution >= 0.6 is 11.6 Å². The molecule has 0 heterocycles. The van der Waals surface area contributed by atoms with E-state index in [2.05, 4.69) is 18.8 Å². The molecule has 0 atom stereocenters. The van der Waals surface area contributed by atoms with Crippen LogP contribution in [-0.2, 0) is 0 Å². The number of benzene rings is 1. The zero-order chi connectivity index (χ0) is 15.1. The van der Waals surface area contributed by atoms with E-state index in [1.807, 2.05) is 6.07 Å². The van der Waals surface area contributed by atoms with E-state index in [9.17, 15) is 4.39 Å². The topological polar surface area (TPSA) is 9.23 Å². The molecular weight excluding hydrogens is 287 g/mol. The smallest absolute Gasteiger partial charge is 0.128 e. The lowest BCUT2D eigenvalue weighted by atomic mass is 9.86. The number of alkyl halides is 1. The summed E-state index contributed by atoms with van der Waals surface area (Å²) in [5, 5.41) is 0. The minimum absolute atomic E-state index is 0.207. The molecule has 1 aliphatic rings. The van der Waals surface area contributed by atoms with Gasteiger partial charge in [0.2, 0.25) is 0 Å². The van der Waals surface area contributed by atoms with Crippen molar-refractivity contribution < 1.29 is 9.13 Å². The largest absolute Gasteiger partial charge is 0.490 e. The van der Waals surface area contributed by atoms with E-state index in [1.165, 1.54) is 31.4 Å². The van der Waals surface area contributed by atoms with Gasteiger partial charge in [0, 0.05) is 23.9 Å². The highest BCUT2D eigenvalue weighted by atomic mass is 35.5. The fourth-order valence-electron chi connectivity index (χ4n) is 2.77. The molecule has 3 heteroatoms. The van der Waals surface area contributed by atoms with Gasteiger partial charge in [-0.05, 0) is 43.7 Å². The zero-order valence-corrected chi connectivity index (χ0v) is 13.3. The van der Waals surface area contributed by atoms with Crippen molar-refractivity contribution in [3.05, 3.63) is 29.6 Å². The van der Waals surface area contributed by atoms with E-state index in [-0.39, 0.29) is 11.9 Å². The Balaban J connectivity index is 1.99. The predicted molar refractivity (Wildman–Crippen MR) is 85.3 cm³/mol. The Hall–Kier alpha value is -1.20. The molecule has 1 nitrogen and oxygen atoms in total. The van der Waals surface area contributed by atoms with Crippen molar-refractivity contribution >= 4 is 11.6 Å². The monoisotopic (exact) mass is 308 g/mol. The Bertz CT molecular complexity index is 510. The van der Waals surface area contributed by atoms with Crippen LogP contribution in [0.4, 0.5) is 4.39 Å². The van der Waals surface area contributed by atoms with Gasteiger partial charge in [-0.2, -0.15) is 0 Å². The minimum atomic E-state index is -0.301. The summed E-state index contributed by atoms with van der Waals surface area (Å²) < 4.78 is 19.6. The number of hydrogen-bond donors (Lipinski definition) is 0. The zero-order valence-electron chi connectivity index (χ0n) is 12.5. The fraction of sp³-hybridized carbons (Fsp3) is 0.556. The molecule has 0 unspecified atom stereocenters. The van der Waals surface area contributed by atoms with Gasteiger partial charge in [-0.25, -0.2) is 4.39 Å². The van der Waals surface area contributed by atoms with Crippen molar-refractivity contribution in [1.29, 1.82) is 0 Å². The first-order valence-electron chi connectivity index (χ1n) is 7.73. The molecule has 0 radical (unpaired) electrons. The Morgan fingerprint density at radius 1 is 1.24 bits per heavy atom. The summed E-state index contributed by atoms with van der Waals surface area (Å²) in [6, 6.07) is 4.69. The highest BCUT2D eigenvalue weighted by Gasteiger charge is 2.21. The van der Waals surface area contributed by atoms with E-state index in [0.717, 1.165) is 18.8 Å². The van der Waals surface area contributed by atoms with Crippen molar-refractivity contribution in [3.63, 3.8) is 0 Å². The maximum Gasteiger partial charge on any atom is 0.128 e. The molecule has 1 aliphatic carbocycles. The van der Waals surface area contributed by atoms with Crippen molar-refractivity contribution in [1.82, 2.24) is 0 Å². The number of ether oxygens (including phenoxy) is 1. The van der Waals surface area contributed by atoms with Crippen molar-refractivity contribution in [3.8, 4) is 17.6 Å². The first-order chi connectivity index (χ1) is 10.2. The summed E-state index contributed by atoms with van der Waals surface area (Å²) in [6.45, 7) is 2.24. The van der Waals surface area contributed by atoms with Crippen molar-refractivity contribution in [2.75, 3.05) is 5.88 Å². The SMILES string of the molecule is CCC1CCC(Oc2cc(F)cc(C#CCCCl)c2)CC1. The Morgan fingerprint density at radius 3 is 2.67 bits per heavy atom. The van der Waals surface area contributed by atoms with Crippen LogP contribution in [0.25, 0.3) is 0 Å². The average Bonchev–Trinajstić information content (AvgIpc) is 2.48. The summed E-state index contributed by atoms with van der Waals surface area (Å²) in [4.78, 5) is 0. The second-order valence-corrected chi connectivity index (χ2v) is 5.96. The summed E-state index contributed by atoms with van der Waals surface area (Å²) in [6.07, 6.45) is 6.59. The Labute approximate surface area is 131 Å². The molecule has 0 aliphatic heterocycles. The van der Waals surface area contributed by atoms with Gasteiger partial charge < -0.3 is 4.74 Å². The van der Waals surface area contributed by atoms with Crippen molar-refractivity contribution in [2.24, 2.45) is 5.92 Å². The van der Waals surface area contributed by atoms with Crippen LogP contribution < -0.4 is 4.74 Å². The molecule has 2 rings (SSSR count). The molecule has 1 saturated carbocycles. The standard InChI is InChI=1S/C18H22ClFO/c1-2-14-6-8-17(9-7-14)21-18-12-15(5-3-4-10-19)11-16(20)13-18/h11-14,17H,2,4,6-10H2,1H3. The summed E-state index contributed by atoms with van der Waals surface area (Å²) in [5.74, 6) is 7.45. The molecule has 0 N–H and O–H groups in total.